The summed E-state index contributed by atoms with van der Waals surface area (Å²) in [6, 6.07) is 6.37. The summed E-state index contributed by atoms with van der Waals surface area (Å²) in [4.78, 5) is 25.0. The number of carbonyl (C=O) groups is 2. The smallest absolute Gasteiger partial charge is 0.305 e. The fourth-order valence-corrected chi connectivity index (χ4v) is 2.70. The van der Waals surface area contributed by atoms with E-state index in [9.17, 15) is 9.59 Å². The Kier molecular flexibility index (Phi) is 9.66. The molecule has 0 unspecified atom stereocenters. The molecular weight excluding hydrogens is 318 g/mol. The van der Waals surface area contributed by atoms with Crippen LogP contribution in [0.25, 0.3) is 0 Å². The summed E-state index contributed by atoms with van der Waals surface area (Å²) < 4.78 is 10.2. The van der Waals surface area contributed by atoms with Crippen LogP contribution < -0.4 is 4.90 Å². The van der Waals surface area contributed by atoms with Crippen LogP contribution in [0.4, 0.5) is 5.69 Å². The summed E-state index contributed by atoms with van der Waals surface area (Å²) in [5.74, 6) is -0.319. The number of ether oxygens (including phenoxy) is 2. The minimum atomic E-state index is -0.166. The normalized spacial score (nSPS) is 10.4. The maximum atomic E-state index is 11.5. The lowest BCUT2D eigenvalue weighted by Gasteiger charge is -2.26. The van der Waals surface area contributed by atoms with Crippen molar-refractivity contribution < 1.29 is 19.1 Å². The molecule has 0 spiro atoms. The molecule has 0 bridgehead atoms. The van der Waals surface area contributed by atoms with Crippen molar-refractivity contribution >= 4 is 17.6 Å². The molecule has 0 aliphatic heterocycles. The van der Waals surface area contributed by atoms with Crippen LogP contribution in [0.3, 0.4) is 0 Å². The first-order valence-electron chi connectivity index (χ1n) is 9.11. The largest absolute Gasteiger partial charge is 0.466 e. The van der Waals surface area contributed by atoms with E-state index in [1.165, 1.54) is 11.1 Å². The van der Waals surface area contributed by atoms with E-state index in [1.54, 1.807) is 6.92 Å². The van der Waals surface area contributed by atoms with Gasteiger partial charge in [0.15, 0.2) is 0 Å². The molecule has 5 heteroatoms. The maximum Gasteiger partial charge on any atom is 0.305 e. The van der Waals surface area contributed by atoms with E-state index >= 15 is 0 Å². The van der Waals surface area contributed by atoms with E-state index in [1.807, 2.05) is 6.92 Å². The van der Waals surface area contributed by atoms with Gasteiger partial charge in [-0.25, -0.2) is 0 Å². The van der Waals surface area contributed by atoms with Crippen LogP contribution in [-0.2, 0) is 19.1 Å². The third-order valence-corrected chi connectivity index (χ3v) is 3.93. The SMILES string of the molecule is CCOC(=O)CCCN(CCCOC(=O)CC)c1ccc(C)cc1C. The molecule has 0 amide bonds. The monoisotopic (exact) mass is 349 g/mol. The van der Waals surface area contributed by atoms with Gasteiger partial charge in [-0.3, -0.25) is 9.59 Å². The number of hydrogen-bond donors (Lipinski definition) is 0. The van der Waals surface area contributed by atoms with Gasteiger partial charge in [-0.05, 0) is 45.2 Å². The molecule has 0 atom stereocenters. The molecule has 0 aliphatic carbocycles. The number of hydrogen-bond acceptors (Lipinski definition) is 5. The molecule has 0 N–H and O–H groups in total. The predicted octanol–water partition coefficient (Wildman–Crippen LogP) is 3.80. The summed E-state index contributed by atoms with van der Waals surface area (Å²) in [5.41, 5.74) is 3.60. The first kappa shape index (κ1) is 21.0. The first-order valence-corrected chi connectivity index (χ1v) is 9.11. The lowest BCUT2D eigenvalue weighted by molar-refractivity contribution is -0.144. The van der Waals surface area contributed by atoms with Gasteiger partial charge in [0.05, 0.1) is 13.2 Å². The molecular formula is C20H31NO4. The number of aryl methyl sites for hydroxylation is 2. The van der Waals surface area contributed by atoms with Gasteiger partial charge < -0.3 is 14.4 Å². The highest BCUT2D eigenvalue weighted by Crippen LogP contribution is 2.22. The summed E-state index contributed by atoms with van der Waals surface area (Å²) in [6.45, 7) is 10.2. The fraction of sp³-hybridized carbons (Fsp3) is 0.600. The Bertz CT molecular complexity index is 557. The van der Waals surface area contributed by atoms with Gasteiger partial charge >= 0.3 is 11.9 Å². The minimum Gasteiger partial charge on any atom is -0.466 e. The maximum absolute atomic E-state index is 11.5. The van der Waals surface area contributed by atoms with Crippen LogP contribution in [-0.4, -0.2) is 38.2 Å². The molecule has 0 aliphatic rings. The van der Waals surface area contributed by atoms with Crippen LogP contribution in [0.2, 0.25) is 0 Å². The molecule has 1 rings (SSSR count). The Morgan fingerprint density at radius 3 is 2.36 bits per heavy atom. The Balaban J connectivity index is 2.63. The lowest BCUT2D eigenvalue weighted by Crippen LogP contribution is -2.28. The Labute approximate surface area is 151 Å². The first-order chi connectivity index (χ1) is 12.0. The van der Waals surface area contributed by atoms with Crippen LogP contribution in [0.1, 0.15) is 50.7 Å². The van der Waals surface area contributed by atoms with Crippen molar-refractivity contribution in [3.8, 4) is 0 Å². The third kappa shape index (κ3) is 8.05. The number of carbonyl (C=O) groups excluding carboxylic acids is 2. The summed E-state index contributed by atoms with van der Waals surface area (Å²) in [7, 11) is 0. The quantitative estimate of drug-likeness (QED) is 0.449. The summed E-state index contributed by atoms with van der Waals surface area (Å²) in [5, 5.41) is 0. The standard InChI is InChI=1S/C20H31NO4/c1-5-19(22)25-14-8-13-21(12-7-9-20(23)24-6-2)18-11-10-16(3)15-17(18)4/h10-11,15H,5-9,12-14H2,1-4H3. The Hall–Kier alpha value is -2.04. The molecule has 0 fully saturated rings. The van der Waals surface area contributed by atoms with E-state index in [-0.39, 0.29) is 11.9 Å². The van der Waals surface area contributed by atoms with Crippen LogP contribution in [0.15, 0.2) is 18.2 Å². The molecule has 140 valence electrons. The minimum absolute atomic E-state index is 0.153. The van der Waals surface area contributed by atoms with Gasteiger partial charge in [0, 0.05) is 31.6 Å². The fourth-order valence-electron chi connectivity index (χ4n) is 2.70. The highest BCUT2D eigenvalue weighted by Gasteiger charge is 2.11. The molecule has 25 heavy (non-hydrogen) atoms. The number of rotatable bonds is 11. The summed E-state index contributed by atoms with van der Waals surface area (Å²) >= 11 is 0. The van der Waals surface area contributed by atoms with Gasteiger partial charge in [0.2, 0.25) is 0 Å². The Morgan fingerprint density at radius 2 is 1.72 bits per heavy atom. The van der Waals surface area contributed by atoms with Gasteiger partial charge in [0.25, 0.3) is 0 Å². The Morgan fingerprint density at radius 1 is 1.00 bits per heavy atom. The highest BCUT2D eigenvalue weighted by molar-refractivity contribution is 5.69. The topological polar surface area (TPSA) is 55.8 Å². The number of benzene rings is 1. The van der Waals surface area contributed by atoms with Crippen molar-refractivity contribution in [3.05, 3.63) is 29.3 Å². The van der Waals surface area contributed by atoms with Gasteiger partial charge in [-0.1, -0.05) is 24.6 Å². The van der Waals surface area contributed by atoms with Crippen molar-refractivity contribution in [3.63, 3.8) is 0 Å². The van der Waals surface area contributed by atoms with Crippen molar-refractivity contribution in [2.75, 3.05) is 31.2 Å². The second-order valence-electron chi connectivity index (χ2n) is 6.11. The van der Waals surface area contributed by atoms with E-state index in [0.717, 1.165) is 31.6 Å². The second kappa shape index (κ2) is 11.5. The average Bonchev–Trinajstić information content (AvgIpc) is 2.57. The molecule has 0 saturated heterocycles. The van der Waals surface area contributed by atoms with E-state index in [2.05, 4.69) is 36.9 Å². The van der Waals surface area contributed by atoms with Crippen molar-refractivity contribution in [2.24, 2.45) is 0 Å². The number of nitrogens with zero attached hydrogens (tertiary/aromatic N) is 1. The summed E-state index contributed by atoms with van der Waals surface area (Å²) in [6.07, 6.45) is 2.32. The zero-order chi connectivity index (χ0) is 18.7. The third-order valence-electron chi connectivity index (χ3n) is 3.93. The van der Waals surface area contributed by atoms with E-state index < -0.39 is 0 Å². The molecule has 0 radical (unpaired) electrons. The molecule has 0 heterocycles. The van der Waals surface area contributed by atoms with Crippen LogP contribution in [0, 0.1) is 13.8 Å². The van der Waals surface area contributed by atoms with Crippen molar-refractivity contribution in [1.82, 2.24) is 0 Å². The molecule has 0 aromatic heterocycles. The van der Waals surface area contributed by atoms with Gasteiger partial charge in [-0.2, -0.15) is 0 Å². The molecule has 1 aromatic rings. The molecule has 1 aromatic carbocycles. The van der Waals surface area contributed by atoms with Crippen molar-refractivity contribution in [2.45, 2.75) is 53.4 Å². The number of anilines is 1. The lowest BCUT2D eigenvalue weighted by atomic mass is 10.1. The second-order valence-corrected chi connectivity index (χ2v) is 6.11. The zero-order valence-corrected chi connectivity index (χ0v) is 16.0. The highest BCUT2D eigenvalue weighted by atomic mass is 16.5. The predicted molar refractivity (Wildman–Crippen MR) is 99.9 cm³/mol. The molecule has 0 saturated carbocycles. The molecule has 5 nitrogen and oxygen atoms in total. The van der Waals surface area contributed by atoms with E-state index in [4.69, 9.17) is 9.47 Å². The average molecular weight is 349 g/mol. The number of esters is 2. The van der Waals surface area contributed by atoms with E-state index in [0.29, 0.717) is 26.1 Å². The van der Waals surface area contributed by atoms with Gasteiger partial charge in [0.1, 0.15) is 0 Å². The van der Waals surface area contributed by atoms with Crippen LogP contribution >= 0.6 is 0 Å². The van der Waals surface area contributed by atoms with Gasteiger partial charge in [-0.15, -0.1) is 0 Å². The zero-order valence-electron chi connectivity index (χ0n) is 16.0. The van der Waals surface area contributed by atoms with Crippen molar-refractivity contribution in [1.29, 1.82) is 0 Å². The van der Waals surface area contributed by atoms with Crippen LogP contribution in [0.5, 0.6) is 0 Å².